The van der Waals surface area contributed by atoms with Crippen molar-refractivity contribution in [3.63, 3.8) is 0 Å². The number of hydrogen-bond acceptors (Lipinski definition) is 2. The molecule has 21 heavy (non-hydrogen) atoms. The molecule has 2 unspecified atom stereocenters. The van der Waals surface area contributed by atoms with Crippen molar-refractivity contribution >= 4 is 6.29 Å². The normalized spacial score (nSPS) is 14.0. The molecular formula is C19H38O2. The van der Waals surface area contributed by atoms with Gasteiger partial charge in [-0.3, -0.25) is 0 Å². The van der Waals surface area contributed by atoms with E-state index in [9.17, 15) is 9.90 Å². The topological polar surface area (TPSA) is 37.3 Å². The molecule has 0 aromatic heterocycles. The van der Waals surface area contributed by atoms with Gasteiger partial charge in [0.1, 0.15) is 6.29 Å². The van der Waals surface area contributed by atoms with Crippen molar-refractivity contribution in [1.82, 2.24) is 0 Å². The van der Waals surface area contributed by atoms with E-state index in [-0.39, 0.29) is 5.92 Å². The molecule has 1 N–H and O–H groups in total. The standard InChI is InChI=1S/C19H38O2/c1-3-5-6-7-8-9-10-11-12-13-14-15-16-18(17-20)19(21)4-2/h17-19,21H,3-16H2,1-2H3. The van der Waals surface area contributed by atoms with Crippen molar-refractivity contribution < 1.29 is 9.90 Å². The van der Waals surface area contributed by atoms with Crippen LogP contribution in [0.15, 0.2) is 0 Å². The number of aldehydes is 1. The van der Waals surface area contributed by atoms with Crippen molar-refractivity contribution in [3.8, 4) is 0 Å². The average Bonchev–Trinajstić information content (AvgIpc) is 2.51. The summed E-state index contributed by atoms with van der Waals surface area (Å²) in [6, 6.07) is 0. The van der Waals surface area contributed by atoms with E-state index < -0.39 is 6.10 Å². The summed E-state index contributed by atoms with van der Waals surface area (Å²) in [5.74, 6) is -0.141. The summed E-state index contributed by atoms with van der Waals surface area (Å²) < 4.78 is 0. The van der Waals surface area contributed by atoms with Crippen LogP contribution in [0.3, 0.4) is 0 Å². The first kappa shape index (κ1) is 20.6. The lowest BCUT2D eigenvalue weighted by Crippen LogP contribution is -2.20. The van der Waals surface area contributed by atoms with Crippen molar-refractivity contribution in [2.75, 3.05) is 0 Å². The number of carbonyl (C=O) groups is 1. The Morgan fingerprint density at radius 3 is 1.57 bits per heavy atom. The van der Waals surface area contributed by atoms with E-state index in [4.69, 9.17) is 0 Å². The third-order valence-corrected chi connectivity index (χ3v) is 4.48. The van der Waals surface area contributed by atoms with Crippen LogP contribution in [0.2, 0.25) is 0 Å². The van der Waals surface area contributed by atoms with Crippen LogP contribution >= 0.6 is 0 Å². The molecule has 0 aliphatic rings. The van der Waals surface area contributed by atoms with Crippen LogP contribution in [0.5, 0.6) is 0 Å². The number of aliphatic hydroxyl groups excluding tert-OH is 1. The molecule has 0 aliphatic heterocycles. The monoisotopic (exact) mass is 298 g/mol. The molecule has 0 aliphatic carbocycles. The first-order valence-electron chi connectivity index (χ1n) is 9.39. The van der Waals surface area contributed by atoms with Gasteiger partial charge < -0.3 is 9.90 Å². The molecule has 0 heterocycles. The Morgan fingerprint density at radius 1 is 0.762 bits per heavy atom. The molecule has 0 fully saturated rings. The summed E-state index contributed by atoms with van der Waals surface area (Å²) in [6.45, 7) is 4.20. The molecule has 0 rings (SSSR count). The van der Waals surface area contributed by atoms with E-state index in [1.165, 1.54) is 70.6 Å². The number of aliphatic hydroxyl groups is 1. The molecule has 0 saturated carbocycles. The molecule has 0 amide bonds. The molecule has 0 spiro atoms. The highest BCUT2D eigenvalue weighted by molar-refractivity contribution is 5.54. The van der Waals surface area contributed by atoms with Crippen LogP contribution in [0.25, 0.3) is 0 Å². The van der Waals surface area contributed by atoms with Gasteiger partial charge in [0.25, 0.3) is 0 Å². The largest absolute Gasteiger partial charge is 0.392 e. The zero-order valence-corrected chi connectivity index (χ0v) is 14.5. The van der Waals surface area contributed by atoms with E-state index in [0.717, 1.165) is 19.1 Å². The first-order valence-corrected chi connectivity index (χ1v) is 9.39. The lowest BCUT2D eigenvalue weighted by Gasteiger charge is -2.15. The smallest absolute Gasteiger partial charge is 0.125 e. The van der Waals surface area contributed by atoms with Gasteiger partial charge in [-0.2, -0.15) is 0 Å². The fraction of sp³-hybridized carbons (Fsp3) is 0.947. The van der Waals surface area contributed by atoms with Crippen LogP contribution in [-0.4, -0.2) is 17.5 Å². The summed E-state index contributed by atoms with van der Waals surface area (Å²) in [6.07, 6.45) is 18.1. The zero-order valence-electron chi connectivity index (χ0n) is 14.5. The van der Waals surface area contributed by atoms with E-state index in [0.29, 0.717) is 6.42 Å². The maximum Gasteiger partial charge on any atom is 0.125 e. The molecule has 2 atom stereocenters. The van der Waals surface area contributed by atoms with Gasteiger partial charge in [0, 0.05) is 5.92 Å². The fourth-order valence-corrected chi connectivity index (χ4v) is 2.87. The highest BCUT2D eigenvalue weighted by Gasteiger charge is 2.15. The predicted octanol–water partition coefficient (Wildman–Crippen LogP) is 5.66. The molecule has 2 heteroatoms. The van der Waals surface area contributed by atoms with Crippen LogP contribution < -0.4 is 0 Å². The minimum atomic E-state index is -0.435. The number of carbonyl (C=O) groups excluding carboxylic acids is 1. The van der Waals surface area contributed by atoms with Crippen LogP contribution in [0.4, 0.5) is 0 Å². The van der Waals surface area contributed by atoms with E-state index in [1.54, 1.807) is 0 Å². The van der Waals surface area contributed by atoms with Gasteiger partial charge in [-0.25, -0.2) is 0 Å². The van der Waals surface area contributed by atoms with Gasteiger partial charge in [0.15, 0.2) is 0 Å². The van der Waals surface area contributed by atoms with Gasteiger partial charge in [0.05, 0.1) is 6.10 Å². The van der Waals surface area contributed by atoms with Crippen molar-refractivity contribution in [1.29, 1.82) is 0 Å². The lowest BCUT2D eigenvalue weighted by atomic mass is 9.95. The first-order chi connectivity index (χ1) is 10.3. The Labute approximate surface area is 132 Å². The Bertz CT molecular complexity index is 216. The van der Waals surface area contributed by atoms with Gasteiger partial charge in [-0.05, 0) is 12.8 Å². The SMILES string of the molecule is CCCCCCCCCCCCCCC(C=O)C(O)CC. The quantitative estimate of drug-likeness (QED) is 0.295. The molecule has 0 aromatic carbocycles. The van der Waals surface area contributed by atoms with Gasteiger partial charge in [0.2, 0.25) is 0 Å². The summed E-state index contributed by atoms with van der Waals surface area (Å²) in [5.41, 5.74) is 0. The second-order valence-corrected chi connectivity index (χ2v) is 6.45. The van der Waals surface area contributed by atoms with E-state index >= 15 is 0 Å². The lowest BCUT2D eigenvalue weighted by molar-refractivity contribution is -0.114. The van der Waals surface area contributed by atoms with Gasteiger partial charge in [-0.1, -0.05) is 90.9 Å². The number of rotatable bonds is 16. The van der Waals surface area contributed by atoms with Crippen LogP contribution in [0.1, 0.15) is 104 Å². The van der Waals surface area contributed by atoms with Crippen molar-refractivity contribution in [3.05, 3.63) is 0 Å². The Morgan fingerprint density at radius 2 is 1.19 bits per heavy atom. The van der Waals surface area contributed by atoms with Crippen molar-refractivity contribution in [2.45, 2.75) is 110 Å². The molecule has 0 saturated heterocycles. The Balaban J connectivity index is 3.23. The Kier molecular flexibility index (Phi) is 15.7. The van der Waals surface area contributed by atoms with Gasteiger partial charge in [-0.15, -0.1) is 0 Å². The fourth-order valence-electron chi connectivity index (χ4n) is 2.87. The van der Waals surface area contributed by atoms with E-state index in [1.807, 2.05) is 6.92 Å². The number of unbranched alkanes of at least 4 members (excludes halogenated alkanes) is 11. The van der Waals surface area contributed by atoms with Crippen LogP contribution in [0, 0.1) is 5.92 Å². The molecule has 126 valence electrons. The molecule has 2 nitrogen and oxygen atoms in total. The third-order valence-electron chi connectivity index (χ3n) is 4.48. The molecule has 0 radical (unpaired) electrons. The predicted molar refractivity (Wildman–Crippen MR) is 91.5 cm³/mol. The summed E-state index contributed by atoms with van der Waals surface area (Å²) in [4.78, 5) is 10.9. The highest BCUT2D eigenvalue weighted by atomic mass is 16.3. The minimum Gasteiger partial charge on any atom is -0.392 e. The maximum atomic E-state index is 10.9. The average molecular weight is 299 g/mol. The highest BCUT2D eigenvalue weighted by Crippen LogP contribution is 2.16. The maximum absolute atomic E-state index is 10.9. The second-order valence-electron chi connectivity index (χ2n) is 6.45. The Hall–Kier alpha value is -0.370. The molecular weight excluding hydrogens is 260 g/mol. The minimum absolute atomic E-state index is 0.141. The second kappa shape index (κ2) is 16.0. The summed E-state index contributed by atoms with van der Waals surface area (Å²) in [5, 5.41) is 9.66. The third kappa shape index (κ3) is 13.0. The summed E-state index contributed by atoms with van der Waals surface area (Å²) in [7, 11) is 0. The molecule has 0 bridgehead atoms. The van der Waals surface area contributed by atoms with E-state index in [2.05, 4.69) is 6.92 Å². The molecule has 0 aromatic rings. The zero-order chi connectivity index (χ0) is 15.8. The van der Waals surface area contributed by atoms with Crippen LogP contribution in [-0.2, 0) is 4.79 Å². The summed E-state index contributed by atoms with van der Waals surface area (Å²) >= 11 is 0. The van der Waals surface area contributed by atoms with Gasteiger partial charge >= 0.3 is 0 Å². The number of hydrogen-bond donors (Lipinski definition) is 1. The van der Waals surface area contributed by atoms with Crippen molar-refractivity contribution in [2.24, 2.45) is 5.92 Å².